The second kappa shape index (κ2) is 11.9. The summed E-state index contributed by atoms with van der Waals surface area (Å²) in [5, 5.41) is 5.44. The van der Waals surface area contributed by atoms with Gasteiger partial charge in [-0.05, 0) is 55.6 Å². The molecule has 2 aromatic carbocycles. The predicted molar refractivity (Wildman–Crippen MR) is 158 cm³/mol. The normalized spacial score (nSPS) is 21.4. The van der Waals surface area contributed by atoms with Crippen LogP contribution < -0.4 is 15.3 Å². The van der Waals surface area contributed by atoms with E-state index in [1.165, 1.54) is 55.8 Å². The lowest BCUT2D eigenvalue weighted by Gasteiger charge is -2.43. The van der Waals surface area contributed by atoms with Gasteiger partial charge in [0.05, 0.1) is 12.6 Å². The molecule has 0 aliphatic carbocycles. The third-order valence-electron chi connectivity index (χ3n) is 8.56. The van der Waals surface area contributed by atoms with Crippen LogP contribution in [-0.2, 0) is 11.3 Å². The second-order valence-electron chi connectivity index (χ2n) is 11.0. The van der Waals surface area contributed by atoms with Gasteiger partial charge in [0.15, 0.2) is 5.82 Å². The lowest BCUT2D eigenvalue weighted by atomic mass is 10.00. The zero-order chi connectivity index (χ0) is 26.6. The molecule has 6 rings (SSSR count). The Kier molecular flexibility index (Phi) is 7.95. The van der Waals surface area contributed by atoms with Crippen LogP contribution in [0.15, 0.2) is 60.9 Å². The standard InChI is InChI=1S/C31H41N7O/c1-3-24-21-26(9-10-28(24)37-14-11-27(12-15-37)36-18-16-35(2)17-19-36)34-30-22-31(33-23-32-30)38-29(13-20-39-38)25-7-5-4-6-8-25/h4-10,21-23,27,29H,3,11-20H2,1-2H3,(H,32,33,34)/t29-/m1/s1. The van der Waals surface area contributed by atoms with E-state index in [1.54, 1.807) is 6.33 Å². The minimum absolute atomic E-state index is 0.153. The molecule has 0 spiro atoms. The van der Waals surface area contributed by atoms with Crippen LogP contribution in [0, 0.1) is 0 Å². The van der Waals surface area contributed by atoms with E-state index in [2.05, 4.69) is 86.4 Å². The number of aryl methyl sites for hydroxylation is 1. The average Bonchev–Trinajstić information content (AvgIpc) is 3.49. The first kappa shape index (κ1) is 26.0. The Bertz CT molecular complexity index is 1220. The molecule has 0 amide bonds. The van der Waals surface area contributed by atoms with Crippen LogP contribution >= 0.6 is 0 Å². The minimum atomic E-state index is 0.153. The van der Waals surface area contributed by atoms with Gasteiger partial charge in [-0.2, -0.15) is 0 Å². The summed E-state index contributed by atoms with van der Waals surface area (Å²) in [6.07, 6.45) is 6.04. The van der Waals surface area contributed by atoms with Crippen molar-refractivity contribution in [1.29, 1.82) is 0 Å². The molecule has 3 aromatic rings. The van der Waals surface area contributed by atoms with Gasteiger partial charge in [0.1, 0.15) is 12.1 Å². The van der Waals surface area contributed by atoms with E-state index in [0.717, 1.165) is 49.3 Å². The number of hydrogen-bond acceptors (Lipinski definition) is 8. The maximum absolute atomic E-state index is 5.99. The summed E-state index contributed by atoms with van der Waals surface area (Å²) in [4.78, 5) is 22.8. The third kappa shape index (κ3) is 5.88. The monoisotopic (exact) mass is 527 g/mol. The Morgan fingerprint density at radius 1 is 0.897 bits per heavy atom. The minimum Gasteiger partial charge on any atom is -0.371 e. The number of piperazine rings is 1. The Labute approximate surface area is 232 Å². The number of aromatic nitrogens is 2. The molecule has 3 aliphatic rings. The summed E-state index contributed by atoms with van der Waals surface area (Å²) >= 11 is 0. The molecule has 8 heteroatoms. The molecule has 0 unspecified atom stereocenters. The van der Waals surface area contributed by atoms with E-state index in [4.69, 9.17) is 4.84 Å². The van der Waals surface area contributed by atoms with Crippen LogP contribution in [0.1, 0.15) is 43.4 Å². The molecular formula is C31H41N7O. The molecule has 3 fully saturated rings. The van der Waals surface area contributed by atoms with Crippen LogP contribution in [0.2, 0.25) is 0 Å². The molecule has 1 aromatic heterocycles. The predicted octanol–water partition coefficient (Wildman–Crippen LogP) is 4.88. The van der Waals surface area contributed by atoms with Gasteiger partial charge in [0.25, 0.3) is 0 Å². The van der Waals surface area contributed by atoms with E-state index >= 15 is 0 Å². The van der Waals surface area contributed by atoms with Crippen molar-refractivity contribution in [2.75, 3.05) is 68.2 Å². The second-order valence-corrected chi connectivity index (χ2v) is 11.0. The molecule has 39 heavy (non-hydrogen) atoms. The number of likely N-dealkylation sites (N-methyl/N-ethyl adjacent to an activating group) is 1. The van der Waals surface area contributed by atoms with Crippen LogP contribution in [0.4, 0.5) is 23.0 Å². The summed E-state index contributed by atoms with van der Waals surface area (Å²) in [5.74, 6) is 1.54. The Morgan fingerprint density at radius 2 is 1.69 bits per heavy atom. The molecule has 206 valence electrons. The van der Waals surface area contributed by atoms with Gasteiger partial charge in [-0.15, -0.1) is 0 Å². The molecular weight excluding hydrogens is 486 g/mol. The Hall–Kier alpha value is -3.20. The summed E-state index contributed by atoms with van der Waals surface area (Å²) in [7, 11) is 2.23. The zero-order valence-corrected chi connectivity index (χ0v) is 23.3. The highest BCUT2D eigenvalue weighted by Crippen LogP contribution is 2.35. The SMILES string of the molecule is CCc1cc(Nc2cc(N3OCC[C@@H]3c3ccccc3)ncn2)ccc1N1CCC(N2CCN(C)CC2)CC1. The summed E-state index contributed by atoms with van der Waals surface area (Å²) in [6.45, 7) is 10.0. The number of rotatable bonds is 7. The van der Waals surface area contributed by atoms with Crippen molar-refractivity contribution in [3.63, 3.8) is 0 Å². The Balaban J connectivity index is 1.11. The van der Waals surface area contributed by atoms with Crippen molar-refractivity contribution in [3.05, 3.63) is 72.1 Å². The molecule has 8 nitrogen and oxygen atoms in total. The molecule has 0 radical (unpaired) electrons. The molecule has 1 atom stereocenters. The zero-order valence-electron chi connectivity index (χ0n) is 23.3. The van der Waals surface area contributed by atoms with E-state index in [0.29, 0.717) is 6.61 Å². The topological polar surface area (TPSA) is 60.0 Å². The van der Waals surface area contributed by atoms with Crippen molar-refractivity contribution >= 4 is 23.0 Å². The summed E-state index contributed by atoms with van der Waals surface area (Å²) in [6, 6.07) is 20.1. The average molecular weight is 528 g/mol. The maximum atomic E-state index is 5.99. The first-order valence-corrected chi connectivity index (χ1v) is 14.5. The van der Waals surface area contributed by atoms with Gasteiger partial charge in [-0.1, -0.05) is 37.3 Å². The quantitative estimate of drug-likeness (QED) is 0.467. The molecule has 3 aliphatic heterocycles. The lowest BCUT2D eigenvalue weighted by molar-refractivity contribution is 0.0982. The number of benzene rings is 2. The highest BCUT2D eigenvalue weighted by atomic mass is 16.7. The van der Waals surface area contributed by atoms with E-state index in [1.807, 2.05) is 17.2 Å². The third-order valence-corrected chi connectivity index (χ3v) is 8.56. The van der Waals surface area contributed by atoms with Crippen molar-refractivity contribution < 1.29 is 4.84 Å². The molecule has 1 N–H and O–H groups in total. The number of nitrogens with zero attached hydrogens (tertiary/aromatic N) is 6. The van der Waals surface area contributed by atoms with Crippen LogP contribution in [-0.4, -0.2) is 78.7 Å². The fraction of sp³-hybridized carbons (Fsp3) is 0.484. The number of nitrogens with one attached hydrogen (secondary N) is 1. The van der Waals surface area contributed by atoms with Gasteiger partial charge >= 0.3 is 0 Å². The number of anilines is 4. The van der Waals surface area contributed by atoms with Gasteiger partial charge in [0, 0.05) is 69.2 Å². The van der Waals surface area contributed by atoms with E-state index < -0.39 is 0 Å². The maximum Gasteiger partial charge on any atom is 0.158 e. The molecule has 4 heterocycles. The fourth-order valence-electron chi connectivity index (χ4n) is 6.27. The van der Waals surface area contributed by atoms with Gasteiger partial charge in [0.2, 0.25) is 0 Å². The molecule has 3 saturated heterocycles. The first-order chi connectivity index (χ1) is 19.2. The first-order valence-electron chi connectivity index (χ1n) is 14.5. The molecule has 0 bridgehead atoms. The van der Waals surface area contributed by atoms with Gasteiger partial charge in [-0.3, -0.25) is 9.74 Å². The number of piperidine rings is 1. The van der Waals surface area contributed by atoms with Crippen molar-refractivity contribution in [2.45, 2.75) is 44.7 Å². The van der Waals surface area contributed by atoms with Crippen LogP contribution in [0.25, 0.3) is 0 Å². The van der Waals surface area contributed by atoms with Gasteiger partial charge < -0.3 is 15.1 Å². The largest absolute Gasteiger partial charge is 0.371 e. The number of hydroxylamine groups is 1. The van der Waals surface area contributed by atoms with Gasteiger partial charge in [-0.25, -0.2) is 15.0 Å². The lowest BCUT2D eigenvalue weighted by Crippen LogP contribution is -2.52. The number of hydrogen-bond donors (Lipinski definition) is 1. The van der Waals surface area contributed by atoms with E-state index in [9.17, 15) is 0 Å². The Morgan fingerprint density at radius 3 is 2.46 bits per heavy atom. The van der Waals surface area contributed by atoms with Crippen molar-refractivity contribution in [3.8, 4) is 0 Å². The van der Waals surface area contributed by atoms with Crippen LogP contribution in [0.3, 0.4) is 0 Å². The van der Waals surface area contributed by atoms with Crippen LogP contribution in [0.5, 0.6) is 0 Å². The molecule has 0 saturated carbocycles. The summed E-state index contributed by atoms with van der Waals surface area (Å²) in [5.41, 5.74) is 5.03. The highest BCUT2D eigenvalue weighted by Gasteiger charge is 2.29. The van der Waals surface area contributed by atoms with E-state index in [-0.39, 0.29) is 6.04 Å². The summed E-state index contributed by atoms with van der Waals surface area (Å²) < 4.78 is 0. The van der Waals surface area contributed by atoms with Crippen molar-refractivity contribution in [2.24, 2.45) is 0 Å². The highest BCUT2D eigenvalue weighted by molar-refractivity contribution is 5.66. The van der Waals surface area contributed by atoms with Crippen molar-refractivity contribution in [1.82, 2.24) is 19.8 Å². The smallest absolute Gasteiger partial charge is 0.158 e. The fourth-order valence-corrected chi connectivity index (χ4v) is 6.27.